The molecule has 2 N–H and O–H groups in total. The fraction of sp³-hybridized carbons (Fsp3) is 0.692. The summed E-state index contributed by atoms with van der Waals surface area (Å²) in [5.41, 5.74) is 0.694. The second-order valence-corrected chi connectivity index (χ2v) is 5.14. The Balaban J connectivity index is 1.75. The van der Waals surface area contributed by atoms with E-state index in [1.165, 1.54) is 6.26 Å². The Bertz CT molecular complexity index is 394. The minimum absolute atomic E-state index is 0.152. The van der Waals surface area contributed by atoms with Gasteiger partial charge in [0.05, 0.1) is 12.6 Å². The highest BCUT2D eigenvalue weighted by atomic mass is 16.5. The number of amides is 2. The van der Waals surface area contributed by atoms with Crippen molar-refractivity contribution in [1.29, 1.82) is 0 Å². The molecule has 0 spiro atoms. The van der Waals surface area contributed by atoms with E-state index < -0.39 is 0 Å². The smallest absolute Gasteiger partial charge is 0.317 e. The predicted octanol–water partition coefficient (Wildman–Crippen LogP) is 1.37. The van der Waals surface area contributed by atoms with Crippen LogP contribution in [0.5, 0.6) is 0 Å². The summed E-state index contributed by atoms with van der Waals surface area (Å²) in [7, 11) is 1.75. The topological polar surface area (TPSA) is 78.6 Å². The number of nitrogens with zero attached hydrogens (tertiary/aromatic N) is 2. The lowest BCUT2D eigenvalue weighted by molar-refractivity contribution is 0.0564. The van der Waals surface area contributed by atoms with Crippen molar-refractivity contribution in [1.82, 2.24) is 15.4 Å². The average Bonchev–Trinajstić information content (AvgIpc) is 2.91. The molecule has 0 aromatic carbocycles. The first-order valence-electron chi connectivity index (χ1n) is 6.73. The van der Waals surface area contributed by atoms with Crippen LogP contribution in [0.1, 0.15) is 31.4 Å². The molecule has 0 saturated heterocycles. The lowest BCUT2D eigenvalue weighted by atomic mass is 9.86. The summed E-state index contributed by atoms with van der Waals surface area (Å²) < 4.78 is 4.69. The number of hydrogen-bond acceptors (Lipinski definition) is 4. The van der Waals surface area contributed by atoms with Gasteiger partial charge in [0.15, 0.2) is 0 Å². The molecule has 0 aliphatic heterocycles. The van der Waals surface area contributed by atoms with E-state index in [0.29, 0.717) is 18.8 Å². The fourth-order valence-corrected chi connectivity index (χ4v) is 2.47. The second-order valence-electron chi connectivity index (χ2n) is 5.14. The Kier molecular flexibility index (Phi) is 4.79. The molecule has 1 heterocycles. The van der Waals surface area contributed by atoms with Crippen LogP contribution in [-0.4, -0.2) is 40.9 Å². The van der Waals surface area contributed by atoms with Gasteiger partial charge in [0.2, 0.25) is 0 Å². The van der Waals surface area contributed by atoms with Gasteiger partial charge in [-0.1, -0.05) is 18.0 Å². The summed E-state index contributed by atoms with van der Waals surface area (Å²) in [5.74, 6) is 0.191. The van der Waals surface area contributed by atoms with Gasteiger partial charge in [-0.05, 0) is 12.8 Å². The molecule has 1 fully saturated rings. The first kappa shape index (κ1) is 13.9. The number of aliphatic hydroxyl groups is 1. The number of aromatic nitrogens is 1. The molecule has 2 amide bonds. The van der Waals surface area contributed by atoms with Crippen LogP contribution in [0.3, 0.4) is 0 Å². The van der Waals surface area contributed by atoms with E-state index in [9.17, 15) is 9.90 Å². The van der Waals surface area contributed by atoms with E-state index in [4.69, 9.17) is 4.52 Å². The number of aliphatic hydroxyl groups excluding tert-OH is 1. The zero-order chi connectivity index (χ0) is 13.7. The Morgan fingerprint density at radius 3 is 3.05 bits per heavy atom. The van der Waals surface area contributed by atoms with Crippen molar-refractivity contribution in [3.8, 4) is 0 Å². The number of hydrogen-bond donors (Lipinski definition) is 2. The third-order valence-electron chi connectivity index (χ3n) is 3.64. The van der Waals surface area contributed by atoms with Crippen LogP contribution < -0.4 is 5.32 Å². The maximum Gasteiger partial charge on any atom is 0.317 e. The number of urea groups is 1. The van der Waals surface area contributed by atoms with Crippen LogP contribution >= 0.6 is 0 Å². The third kappa shape index (κ3) is 3.96. The third-order valence-corrected chi connectivity index (χ3v) is 3.64. The molecule has 0 radical (unpaired) electrons. The first-order valence-corrected chi connectivity index (χ1v) is 6.73. The largest absolute Gasteiger partial charge is 0.393 e. The summed E-state index contributed by atoms with van der Waals surface area (Å²) in [6.45, 7) is 0.943. The zero-order valence-electron chi connectivity index (χ0n) is 11.2. The van der Waals surface area contributed by atoms with Gasteiger partial charge in [-0.15, -0.1) is 0 Å². The van der Waals surface area contributed by atoms with E-state index in [-0.39, 0.29) is 18.1 Å². The highest BCUT2D eigenvalue weighted by Gasteiger charge is 2.25. The van der Waals surface area contributed by atoms with Crippen LogP contribution in [0.15, 0.2) is 16.9 Å². The van der Waals surface area contributed by atoms with Crippen LogP contribution in [0.25, 0.3) is 0 Å². The van der Waals surface area contributed by atoms with E-state index in [1.54, 1.807) is 18.0 Å². The zero-order valence-corrected chi connectivity index (χ0v) is 11.2. The molecule has 1 aromatic heterocycles. The minimum atomic E-state index is -0.278. The Labute approximate surface area is 112 Å². The maximum absolute atomic E-state index is 11.9. The number of nitrogens with one attached hydrogen (secondary N) is 1. The normalized spacial score (nSPS) is 23.1. The Morgan fingerprint density at radius 2 is 2.37 bits per heavy atom. The van der Waals surface area contributed by atoms with Gasteiger partial charge in [0.25, 0.3) is 0 Å². The molecule has 1 saturated carbocycles. The van der Waals surface area contributed by atoms with Gasteiger partial charge in [0, 0.05) is 25.6 Å². The predicted molar refractivity (Wildman–Crippen MR) is 69.3 cm³/mol. The van der Waals surface area contributed by atoms with Gasteiger partial charge >= 0.3 is 6.03 Å². The molecule has 0 bridgehead atoms. The van der Waals surface area contributed by atoms with E-state index >= 15 is 0 Å². The van der Waals surface area contributed by atoms with E-state index in [1.807, 2.05) is 0 Å². The monoisotopic (exact) mass is 267 g/mol. The average molecular weight is 267 g/mol. The van der Waals surface area contributed by atoms with Crippen LogP contribution in [0.2, 0.25) is 0 Å². The lowest BCUT2D eigenvalue weighted by Gasteiger charge is -2.31. The molecule has 1 aromatic rings. The summed E-state index contributed by atoms with van der Waals surface area (Å²) in [5, 5.41) is 16.4. The molecule has 6 heteroatoms. The van der Waals surface area contributed by atoms with Gasteiger partial charge in [-0.3, -0.25) is 0 Å². The molecular weight excluding hydrogens is 246 g/mol. The van der Waals surface area contributed by atoms with Crippen LogP contribution in [0.4, 0.5) is 4.79 Å². The van der Waals surface area contributed by atoms with Crippen molar-refractivity contribution < 1.29 is 14.4 Å². The maximum atomic E-state index is 11.9. The van der Waals surface area contributed by atoms with E-state index in [2.05, 4.69) is 10.5 Å². The molecule has 106 valence electrons. The number of rotatable bonds is 4. The molecule has 2 atom stereocenters. The van der Waals surface area contributed by atoms with Gasteiger partial charge in [-0.25, -0.2) is 4.79 Å². The summed E-state index contributed by atoms with van der Waals surface area (Å²) in [6.07, 6.45) is 5.25. The SMILES string of the molecule is CN(C[C@H]1CCCC[C@H]1O)C(=O)NCc1ccon1. The van der Waals surface area contributed by atoms with Crippen LogP contribution in [-0.2, 0) is 6.54 Å². The van der Waals surface area contributed by atoms with Crippen molar-refractivity contribution in [2.75, 3.05) is 13.6 Å². The van der Waals surface area contributed by atoms with E-state index in [0.717, 1.165) is 25.7 Å². The van der Waals surface area contributed by atoms with Crippen molar-refractivity contribution in [2.24, 2.45) is 5.92 Å². The molecule has 6 nitrogen and oxygen atoms in total. The Morgan fingerprint density at radius 1 is 1.58 bits per heavy atom. The summed E-state index contributed by atoms with van der Waals surface area (Å²) in [4.78, 5) is 13.5. The van der Waals surface area contributed by atoms with Gasteiger partial charge < -0.3 is 19.8 Å². The molecule has 1 aliphatic carbocycles. The molecule has 1 aliphatic rings. The Hall–Kier alpha value is -1.56. The minimum Gasteiger partial charge on any atom is -0.393 e. The second kappa shape index (κ2) is 6.56. The lowest BCUT2D eigenvalue weighted by Crippen LogP contribution is -2.42. The van der Waals surface area contributed by atoms with Crippen molar-refractivity contribution in [2.45, 2.75) is 38.3 Å². The summed E-state index contributed by atoms with van der Waals surface area (Å²) in [6, 6.07) is 1.56. The standard InChI is InChI=1S/C13H21N3O3/c1-16(9-10-4-2-3-5-12(10)17)13(18)14-8-11-6-7-19-15-11/h6-7,10,12,17H,2-5,8-9H2,1H3,(H,14,18)/t10-,12-/m1/s1. The van der Waals surface area contributed by atoms with Gasteiger partial charge in [0.1, 0.15) is 12.0 Å². The number of carbonyl (C=O) groups excluding carboxylic acids is 1. The van der Waals surface area contributed by atoms with Crippen molar-refractivity contribution in [3.63, 3.8) is 0 Å². The van der Waals surface area contributed by atoms with Crippen molar-refractivity contribution in [3.05, 3.63) is 18.0 Å². The van der Waals surface area contributed by atoms with Crippen molar-refractivity contribution >= 4 is 6.03 Å². The van der Waals surface area contributed by atoms with Crippen LogP contribution in [0, 0.1) is 5.92 Å². The highest BCUT2D eigenvalue weighted by molar-refractivity contribution is 5.73. The highest BCUT2D eigenvalue weighted by Crippen LogP contribution is 2.24. The van der Waals surface area contributed by atoms with Gasteiger partial charge in [-0.2, -0.15) is 0 Å². The molecule has 0 unspecified atom stereocenters. The molecular formula is C13H21N3O3. The summed E-state index contributed by atoms with van der Waals surface area (Å²) >= 11 is 0. The fourth-order valence-electron chi connectivity index (χ4n) is 2.47. The molecule has 2 rings (SSSR count). The first-order chi connectivity index (χ1) is 9.16. The quantitative estimate of drug-likeness (QED) is 0.863. The molecule has 19 heavy (non-hydrogen) atoms. The number of carbonyl (C=O) groups is 1.